The molecule has 0 aromatic heterocycles. The van der Waals surface area contributed by atoms with Crippen molar-refractivity contribution in [2.75, 3.05) is 32.5 Å². The Morgan fingerprint density at radius 3 is 2.64 bits per heavy atom. The molecule has 0 atom stereocenters. The smallest absolute Gasteiger partial charge is 0.223 e. The number of carbonyl (C=O) groups is 1. The van der Waals surface area contributed by atoms with Crippen LogP contribution in [0.4, 0.5) is 4.39 Å². The molecule has 1 amide bonds. The van der Waals surface area contributed by atoms with E-state index < -0.39 is 15.8 Å². The second kappa shape index (κ2) is 8.83. The summed E-state index contributed by atoms with van der Waals surface area (Å²) >= 11 is 0. The summed E-state index contributed by atoms with van der Waals surface area (Å²) in [7, 11) is -3.19. The number of nitrogens with one attached hydrogen (secondary N) is 1. The molecule has 0 saturated carbocycles. The number of carbonyl (C=O) groups excluding carboxylic acids is 1. The van der Waals surface area contributed by atoms with Gasteiger partial charge in [0.15, 0.2) is 11.6 Å². The van der Waals surface area contributed by atoms with E-state index in [1.54, 1.807) is 12.1 Å². The van der Waals surface area contributed by atoms with Gasteiger partial charge in [0.05, 0.1) is 12.8 Å². The lowest BCUT2D eigenvalue weighted by Gasteiger charge is -2.29. The monoisotopic (exact) mass is 368 g/mol. The predicted octanol–water partition coefficient (Wildman–Crippen LogP) is 0.996. The summed E-state index contributed by atoms with van der Waals surface area (Å²) < 4.78 is 42.7. The Balaban J connectivity index is 1.67. The van der Waals surface area contributed by atoms with Crippen molar-refractivity contribution in [3.63, 3.8) is 0 Å². The topological polar surface area (TPSA) is 75.7 Å². The first-order valence-electron chi connectivity index (χ1n) is 7.94. The van der Waals surface area contributed by atoms with Gasteiger partial charge in [-0.15, -0.1) is 0 Å². The van der Waals surface area contributed by atoms with Crippen molar-refractivity contribution in [2.24, 2.45) is 5.92 Å². The van der Waals surface area contributed by atoms with E-state index in [4.69, 9.17) is 4.74 Å². The summed E-state index contributed by atoms with van der Waals surface area (Å²) in [6.45, 7) is 0.924. The molecular formula is C17H21FN2O4S. The molecule has 1 aliphatic rings. The molecule has 1 N–H and O–H groups in total. The van der Waals surface area contributed by atoms with Crippen molar-refractivity contribution in [3.8, 4) is 17.6 Å². The van der Waals surface area contributed by atoms with Crippen LogP contribution in [0.5, 0.6) is 5.75 Å². The number of ether oxygens (including phenoxy) is 1. The number of hydrogen-bond acceptors (Lipinski definition) is 4. The Hall–Kier alpha value is -2.11. The molecule has 0 radical (unpaired) electrons. The second-order valence-electron chi connectivity index (χ2n) is 5.73. The minimum atomic E-state index is -3.19. The van der Waals surface area contributed by atoms with Crippen molar-refractivity contribution >= 4 is 15.9 Å². The average molecular weight is 368 g/mol. The lowest BCUT2D eigenvalue weighted by Crippen LogP contribution is -2.42. The normalized spacial score (nSPS) is 15.9. The largest absolute Gasteiger partial charge is 0.478 e. The molecule has 1 aliphatic heterocycles. The number of piperidine rings is 1. The van der Waals surface area contributed by atoms with Gasteiger partial charge in [-0.2, -0.15) is 0 Å². The maximum Gasteiger partial charge on any atom is 0.223 e. The highest BCUT2D eigenvalue weighted by molar-refractivity contribution is 7.88. The average Bonchev–Trinajstić information content (AvgIpc) is 2.58. The molecule has 25 heavy (non-hydrogen) atoms. The molecule has 136 valence electrons. The maximum atomic E-state index is 13.3. The Labute approximate surface area is 147 Å². The van der Waals surface area contributed by atoms with Gasteiger partial charge < -0.3 is 10.1 Å². The van der Waals surface area contributed by atoms with Crippen LogP contribution in [-0.2, 0) is 14.8 Å². The van der Waals surface area contributed by atoms with Crippen molar-refractivity contribution in [2.45, 2.75) is 12.8 Å². The summed E-state index contributed by atoms with van der Waals surface area (Å²) in [6, 6.07) is 6.06. The van der Waals surface area contributed by atoms with Crippen molar-refractivity contribution in [3.05, 3.63) is 30.1 Å². The quantitative estimate of drug-likeness (QED) is 0.787. The second-order valence-corrected chi connectivity index (χ2v) is 7.71. The molecule has 1 aromatic rings. The summed E-state index contributed by atoms with van der Waals surface area (Å²) in [5, 5.41) is 2.71. The maximum absolute atomic E-state index is 13.3. The van der Waals surface area contributed by atoms with Gasteiger partial charge in [-0.05, 0) is 25.0 Å². The lowest BCUT2D eigenvalue weighted by molar-refractivity contribution is -0.125. The molecular weight excluding hydrogens is 347 g/mol. The van der Waals surface area contributed by atoms with E-state index in [1.807, 2.05) is 0 Å². The predicted molar refractivity (Wildman–Crippen MR) is 91.8 cm³/mol. The minimum Gasteiger partial charge on any atom is -0.478 e. The number of nitrogens with zero attached hydrogens (tertiary/aromatic N) is 1. The fourth-order valence-electron chi connectivity index (χ4n) is 2.51. The fourth-order valence-corrected chi connectivity index (χ4v) is 3.39. The van der Waals surface area contributed by atoms with E-state index >= 15 is 0 Å². The highest BCUT2D eigenvalue weighted by Gasteiger charge is 2.28. The first-order chi connectivity index (χ1) is 11.9. The Bertz CT molecular complexity index is 762. The fraction of sp³-hybridized carbons (Fsp3) is 0.471. The molecule has 0 unspecified atom stereocenters. The highest BCUT2D eigenvalue weighted by Crippen LogP contribution is 2.19. The zero-order valence-electron chi connectivity index (χ0n) is 14.0. The third-order valence-electron chi connectivity index (χ3n) is 3.91. The number of hydrogen-bond donors (Lipinski definition) is 1. The molecule has 0 spiro atoms. The van der Waals surface area contributed by atoms with Crippen LogP contribution in [-0.4, -0.2) is 51.1 Å². The Morgan fingerprint density at radius 2 is 2.00 bits per heavy atom. The van der Waals surface area contributed by atoms with Crippen LogP contribution < -0.4 is 10.1 Å². The SMILES string of the molecule is CS(=O)(=O)N1CCC(C(=O)NCC#CCOc2ccccc2F)CC1. The molecule has 1 saturated heterocycles. The first kappa shape index (κ1) is 19.2. The molecule has 6 nitrogen and oxygen atoms in total. The summed E-state index contributed by atoms with van der Waals surface area (Å²) in [5.41, 5.74) is 0. The molecule has 2 rings (SSSR count). The van der Waals surface area contributed by atoms with E-state index in [2.05, 4.69) is 17.2 Å². The third kappa shape index (κ3) is 6.03. The standard InChI is InChI=1S/C17H21FN2O4S/c1-25(22,23)20-11-8-14(9-12-20)17(21)19-10-4-5-13-24-16-7-3-2-6-15(16)18/h2-3,6-7,14H,8-13H2,1H3,(H,19,21). The minimum absolute atomic E-state index is 0.0313. The molecule has 0 bridgehead atoms. The van der Waals surface area contributed by atoms with Crippen molar-refractivity contribution < 1.29 is 22.3 Å². The zero-order chi connectivity index (χ0) is 18.3. The number of para-hydroxylation sites is 1. The Kier molecular flexibility index (Phi) is 6.79. The van der Waals surface area contributed by atoms with Gasteiger partial charge in [-0.3, -0.25) is 4.79 Å². The van der Waals surface area contributed by atoms with Gasteiger partial charge in [0, 0.05) is 19.0 Å². The number of amides is 1. The zero-order valence-corrected chi connectivity index (χ0v) is 14.8. The van der Waals surface area contributed by atoms with E-state index in [0.717, 1.165) is 0 Å². The van der Waals surface area contributed by atoms with Gasteiger partial charge in [0.2, 0.25) is 15.9 Å². The van der Waals surface area contributed by atoms with E-state index in [9.17, 15) is 17.6 Å². The molecule has 1 heterocycles. The number of rotatable bonds is 5. The highest BCUT2D eigenvalue weighted by atomic mass is 32.2. The van der Waals surface area contributed by atoms with E-state index in [0.29, 0.717) is 25.9 Å². The van der Waals surface area contributed by atoms with Gasteiger partial charge >= 0.3 is 0 Å². The van der Waals surface area contributed by atoms with Crippen molar-refractivity contribution in [1.29, 1.82) is 0 Å². The van der Waals surface area contributed by atoms with Gasteiger partial charge in [0.1, 0.15) is 6.61 Å². The van der Waals surface area contributed by atoms with Gasteiger partial charge in [0.25, 0.3) is 0 Å². The van der Waals surface area contributed by atoms with Crippen LogP contribution in [0, 0.1) is 23.6 Å². The van der Waals surface area contributed by atoms with Crippen LogP contribution >= 0.6 is 0 Å². The molecule has 0 aliphatic carbocycles. The third-order valence-corrected chi connectivity index (χ3v) is 5.21. The van der Waals surface area contributed by atoms with Crippen LogP contribution in [0.2, 0.25) is 0 Å². The van der Waals surface area contributed by atoms with Crippen LogP contribution in [0.25, 0.3) is 0 Å². The van der Waals surface area contributed by atoms with Crippen LogP contribution in [0.3, 0.4) is 0 Å². The lowest BCUT2D eigenvalue weighted by atomic mass is 9.97. The number of halogens is 1. The van der Waals surface area contributed by atoms with E-state index in [1.165, 1.54) is 22.7 Å². The van der Waals surface area contributed by atoms with Gasteiger partial charge in [-0.1, -0.05) is 24.0 Å². The number of sulfonamides is 1. The molecule has 8 heteroatoms. The van der Waals surface area contributed by atoms with Gasteiger partial charge in [-0.25, -0.2) is 17.1 Å². The number of benzene rings is 1. The first-order valence-corrected chi connectivity index (χ1v) is 9.78. The molecule has 1 fully saturated rings. The van der Waals surface area contributed by atoms with E-state index in [-0.39, 0.29) is 30.7 Å². The summed E-state index contributed by atoms with van der Waals surface area (Å²) in [6.07, 6.45) is 2.18. The summed E-state index contributed by atoms with van der Waals surface area (Å²) in [5.74, 6) is 4.81. The van der Waals surface area contributed by atoms with Crippen molar-refractivity contribution in [1.82, 2.24) is 9.62 Å². The van der Waals surface area contributed by atoms with Crippen LogP contribution in [0.1, 0.15) is 12.8 Å². The molecule has 1 aromatic carbocycles. The Morgan fingerprint density at radius 1 is 1.32 bits per heavy atom. The van der Waals surface area contributed by atoms with Crippen LogP contribution in [0.15, 0.2) is 24.3 Å². The summed E-state index contributed by atoms with van der Waals surface area (Å²) in [4.78, 5) is 12.0.